The van der Waals surface area contributed by atoms with Gasteiger partial charge in [-0.15, -0.1) is 0 Å². The number of para-hydroxylation sites is 2. The number of nitrogens with zero attached hydrogens (tertiary/aromatic N) is 1. The number of likely N-dealkylation sites (tertiary alicyclic amines) is 1. The lowest BCUT2D eigenvalue weighted by molar-refractivity contribution is -0.131. The molecule has 6 heteroatoms. The Morgan fingerprint density at radius 1 is 1.35 bits per heavy atom. The molecule has 1 fully saturated rings. The van der Waals surface area contributed by atoms with E-state index in [0.717, 1.165) is 43.8 Å². The van der Waals surface area contributed by atoms with E-state index in [-0.39, 0.29) is 18.6 Å². The van der Waals surface area contributed by atoms with Crippen LogP contribution in [0.25, 0.3) is 0 Å². The first-order valence-electron chi connectivity index (χ1n) is 8.21. The second kappa shape index (κ2) is 9.37. The van der Waals surface area contributed by atoms with Gasteiger partial charge in [0.2, 0.25) is 5.91 Å². The minimum absolute atomic E-state index is 0.108. The Kier molecular flexibility index (Phi) is 7.16. The Morgan fingerprint density at radius 2 is 2.09 bits per heavy atom. The maximum absolute atomic E-state index is 12.3. The first-order chi connectivity index (χ1) is 11.2. The first-order valence-corrected chi connectivity index (χ1v) is 8.21. The van der Waals surface area contributed by atoms with Crippen molar-refractivity contribution in [2.24, 2.45) is 5.73 Å². The molecule has 1 aliphatic rings. The number of anilines is 1. The lowest BCUT2D eigenvalue weighted by atomic mass is 10.1. The first kappa shape index (κ1) is 17.6. The second-order valence-corrected chi connectivity index (χ2v) is 5.65. The standard InChI is InChI=1S/C17H27N3O3/c1-22-16-6-3-2-5-15(16)19-13-17(21)20-10-7-14(8-11-20)23-12-4-9-18/h2-3,5-6,14,19H,4,7-13,18H2,1H3. The van der Waals surface area contributed by atoms with Gasteiger partial charge in [-0.05, 0) is 37.9 Å². The smallest absolute Gasteiger partial charge is 0.241 e. The number of ether oxygens (including phenoxy) is 2. The van der Waals surface area contributed by atoms with E-state index >= 15 is 0 Å². The van der Waals surface area contributed by atoms with Gasteiger partial charge in [0.05, 0.1) is 25.4 Å². The normalized spacial score (nSPS) is 15.5. The number of carbonyl (C=O) groups excluding carboxylic acids is 1. The minimum Gasteiger partial charge on any atom is -0.495 e. The Bertz CT molecular complexity index is 488. The van der Waals surface area contributed by atoms with Gasteiger partial charge in [0, 0.05) is 19.7 Å². The fraction of sp³-hybridized carbons (Fsp3) is 0.588. The molecule has 23 heavy (non-hydrogen) atoms. The summed E-state index contributed by atoms with van der Waals surface area (Å²) < 4.78 is 11.0. The van der Waals surface area contributed by atoms with Gasteiger partial charge in [-0.2, -0.15) is 0 Å². The van der Waals surface area contributed by atoms with Gasteiger partial charge in [0.1, 0.15) is 5.75 Å². The zero-order chi connectivity index (χ0) is 16.5. The molecule has 1 aromatic rings. The third kappa shape index (κ3) is 5.41. The number of hydrogen-bond donors (Lipinski definition) is 2. The molecule has 1 aliphatic heterocycles. The van der Waals surface area contributed by atoms with Gasteiger partial charge in [-0.1, -0.05) is 12.1 Å². The highest BCUT2D eigenvalue weighted by Gasteiger charge is 2.22. The van der Waals surface area contributed by atoms with Crippen LogP contribution in [0.2, 0.25) is 0 Å². The highest BCUT2D eigenvalue weighted by molar-refractivity contribution is 5.81. The number of methoxy groups -OCH3 is 1. The van der Waals surface area contributed by atoms with Crippen LogP contribution in [-0.4, -0.2) is 56.8 Å². The molecular weight excluding hydrogens is 294 g/mol. The minimum atomic E-state index is 0.108. The van der Waals surface area contributed by atoms with Crippen LogP contribution in [0.3, 0.4) is 0 Å². The molecule has 0 radical (unpaired) electrons. The van der Waals surface area contributed by atoms with Gasteiger partial charge in [-0.3, -0.25) is 4.79 Å². The van der Waals surface area contributed by atoms with Crippen molar-refractivity contribution < 1.29 is 14.3 Å². The number of nitrogens with one attached hydrogen (secondary N) is 1. The van der Waals surface area contributed by atoms with E-state index in [0.29, 0.717) is 13.2 Å². The van der Waals surface area contributed by atoms with Crippen molar-refractivity contribution in [1.29, 1.82) is 0 Å². The lowest BCUT2D eigenvalue weighted by Crippen LogP contribution is -2.43. The largest absolute Gasteiger partial charge is 0.495 e. The van der Waals surface area contributed by atoms with Crippen LogP contribution >= 0.6 is 0 Å². The van der Waals surface area contributed by atoms with E-state index < -0.39 is 0 Å². The van der Waals surface area contributed by atoms with E-state index in [1.807, 2.05) is 29.2 Å². The van der Waals surface area contributed by atoms with Gasteiger partial charge in [-0.25, -0.2) is 0 Å². The lowest BCUT2D eigenvalue weighted by Gasteiger charge is -2.32. The fourth-order valence-corrected chi connectivity index (χ4v) is 2.68. The average Bonchev–Trinajstić information content (AvgIpc) is 2.60. The molecule has 0 unspecified atom stereocenters. The summed E-state index contributed by atoms with van der Waals surface area (Å²) in [5.41, 5.74) is 6.30. The molecule has 6 nitrogen and oxygen atoms in total. The molecule has 3 N–H and O–H groups in total. The number of nitrogens with two attached hydrogens (primary N) is 1. The Morgan fingerprint density at radius 3 is 2.78 bits per heavy atom. The number of benzene rings is 1. The summed E-state index contributed by atoms with van der Waals surface area (Å²) in [5, 5.41) is 3.15. The van der Waals surface area contributed by atoms with Crippen LogP contribution < -0.4 is 15.8 Å². The molecule has 1 aromatic carbocycles. The summed E-state index contributed by atoms with van der Waals surface area (Å²) in [6, 6.07) is 7.60. The molecule has 0 aromatic heterocycles. The zero-order valence-electron chi connectivity index (χ0n) is 13.8. The summed E-state index contributed by atoms with van der Waals surface area (Å²) in [6.45, 7) is 3.15. The van der Waals surface area contributed by atoms with Crippen LogP contribution in [0.4, 0.5) is 5.69 Å². The molecule has 0 aliphatic carbocycles. The van der Waals surface area contributed by atoms with Crippen LogP contribution in [0.1, 0.15) is 19.3 Å². The highest BCUT2D eigenvalue weighted by Crippen LogP contribution is 2.23. The maximum atomic E-state index is 12.3. The van der Waals surface area contributed by atoms with E-state index in [1.165, 1.54) is 0 Å². The van der Waals surface area contributed by atoms with Crippen molar-refractivity contribution in [2.75, 3.05) is 45.2 Å². The molecule has 1 amide bonds. The van der Waals surface area contributed by atoms with Crippen LogP contribution in [0, 0.1) is 0 Å². The molecule has 0 bridgehead atoms. The van der Waals surface area contributed by atoms with Gasteiger partial charge in [0.15, 0.2) is 0 Å². The Hall–Kier alpha value is -1.79. The van der Waals surface area contributed by atoms with Crippen LogP contribution in [0.5, 0.6) is 5.75 Å². The quantitative estimate of drug-likeness (QED) is 0.709. The number of hydrogen-bond acceptors (Lipinski definition) is 5. The van der Waals surface area contributed by atoms with Crippen LogP contribution in [-0.2, 0) is 9.53 Å². The van der Waals surface area contributed by atoms with Crippen LogP contribution in [0.15, 0.2) is 24.3 Å². The van der Waals surface area contributed by atoms with Crippen molar-refractivity contribution in [1.82, 2.24) is 4.90 Å². The maximum Gasteiger partial charge on any atom is 0.241 e. The number of amides is 1. The molecule has 2 rings (SSSR count). The molecule has 128 valence electrons. The number of piperidine rings is 1. The monoisotopic (exact) mass is 321 g/mol. The van der Waals surface area contributed by atoms with E-state index in [4.69, 9.17) is 15.2 Å². The predicted molar refractivity (Wildman–Crippen MR) is 90.7 cm³/mol. The molecule has 1 saturated heterocycles. The van der Waals surface area contributed by atoms with E-state index in [2.05, 4.69) is 5.32 Å². The van der Waals surface area contributed by atoms with E-state index in [9.17, 15) is 4.79 Å². The number of carbonyl (C=O) groups is 1. The summed E-state index contributed by atoms with van der Waals surface area (Å²) >= 11 is 0. The fourth-order valence-electron chi connectivity index (χ4n) is 2.68. The average molecular weight is 321 g/mol. The predicted octanol–water partition coefficient (Wildman–Crippen LogP) is 1.46. The van der Waals surface area contributed by atoms with Crippen molar-refractivity contribution in [3.05, 3.63) is 24.3 Å². The Balaban J connectivity index is 1.73. The summed E-state index contributed by atoms with van der Waals surface area (Å²) in [7, 11) is 1.62. The molecule has 0 atom stereocenters. The topological polar surface area (TPSA) is 76.8 Å². The third-order valence-electron chi connectivity index (χ3n) is 4.03. The van der Waals surface area contributed by atoms with Gasteiger partial charge in [0.25, 0.3) is 0 Å². The second-order valence-electron chi connectivity index (χ2n) is 5.65. The number of rotatable bonds is 8. The zero-order valence-corrected chi connectivity index (χ0v) is 13.8. The third-order valence-corrected chi connectivity index (χ3v) is 4.03. The van der Waals surface area contributed by atoms with Gasteiger partial charge >= 0.3 is 0 Å². The van der Waals surface area contributed by atoms with Gasteiger partial charge < -0.3 is 25.4 Å². The molecule has 0 spiro atoms. The molecule has 0 saturated carbocycles. The molecular formula is C17H27N3O3. The van der Waals surface area contributed by atoms with Crippen molar-refractivity contribution in [2.45, 2.75) is 25.4 Å². The SMILES string of the molecule is COc1ccccc1NCC(=O)N1CCC(OCCCN)CC1. The van der Waals surface area contributed by atoms with Crippen molar-refractivity contribution in [3.63, 3.8) is 0 Å². The highest BCUT2D eigenvalue weighted by atomic mass is 16.5. The molecule has 1 heterocycles. The summed E-state index contributed by atoms with van der Waals surface area (Å²) in [6.07, 6.45) is 2.94. The van der Waals surface area contributed by atoms with Crippen molar-refractivity contribution in [3.8, 4) is 5.75 Å². The summed E-state index contributed by atoms with van der Waals surface area (Å²) in [4.78, 5) is 14.2. The van der Waals surface area contributed by atoms with E-state index in [1.54, 1.807) is 7.11 Å². The van der Waals surface area contributed by atoms with Crippen molar-refractivity contribution >= 4 is 11.6 Å². The summed E-state index contributed by atoms with van der Waals surface area (Å²) in [5.74, 6) is 0.851. The Labute approximate surface area is 137 Å².